The zero-order chi connectivity index (χ0) is 10.6. The number of carbonyl (C=O) groups excluding carboxylic acids is 1. The molecule has 0 spiro atoms. The van der Waals surface area contributed by atoms with Crippen LogP contribution in [0.2, 0.25) is 0 Å². The lowest BCUT2D eigenvalue weighted by Crippen LogP contribution is -2.43. The van der Waals surface area contributed by atoms with E-state index in [1.807, 2.05) is 0 Å². The summed E-state index contributed by atoms with van der Waals surface area (Å²) in [6.07, 6.45) is 4.43. The fraction of sp³-hybridized carbons (Fsp3) is 0.909. The van der Waals surface area contributed by atoms with Gasteiger partial charge >= 0.3 is 0 Å². The Balaban J connectivity index is 2.33. The summed E-state index contributed by atoms with van der Waals surface area (Å²) in [4.78, 5) is 11.7. The normalized spacial score (nSPS) is 19.1. The lowest BCUT2D eigenvalue weighted by Gasteiger charge is -2.28. The predicted octanol–water partition coefficient (Wildman–Crippen LogP) is 2.71. The second-order valence-electron chi connectivity index (χ2n) is 4.46. The van der Waals surface area contributed by atoms with Gasteiger partial charge in [0.2, 0.25) is 5.91 Å². The van der Waals surface area contributed by atoms with Crippen molar-refractivity contribution in [1.82, 2.24) is 5.32 Å². The third kappa shape index (κ3) is 3.26. The minimum Gasteiger partial charge on any atom is -0.353 e. The van der Waals surface area contributed by atoms with Crippen molar-refractivity contribution in [2.24, 2.45) is 11.8 Å². The van der Waals surface area contributed by atoms with Crippen LogP contribution in [-0.4, -0.2) is 17.3 Å². The van der Waals surface area contributed by atoms with E-state index in [0.29, 0.717) is 17.9 Å². The number of rotatable bonds is 5. The SMILES string of the molecule is CC(C)C(CCBr)NC(=O)C1CCC1. The van der Waals surface area contributed by atoms with E-state index in [-0.39, 0.29) is 5.91 Å². The van der Waals surface area contributed by atoms with Crippen LogP contribution < -0.4 is 5.32 Å². The second kappa shape index (κ2) is 5.74. The number of halogens is 1. The molecule has 3 heteroatoms. The van der Waals surface area contributed by atoms with Crippen molar-refractivity contribution >= 4 is 21.8 Å². The van der Waals surface area contributed by atoms with Crippen LogP contribution in [0.5, 0.6) is 0 Å². The van der Waals surface area contributed by atoms with Crippen molar-refractivity contribution in [2.45, 2.75) is 45.6 Å². The summed E-state index contributed by atoms with van der Waals surface area (Å²) in [5.74, 6) is 1.11. The van der Waals surface area contributed by atoms with Crippen LogP contribution in [0.15, 0.2) is 0 Å². The van der Waals surface area contributed by atoms with Gasteiger partial charge in [-0.15, -0.1) is 0 Å². The molecule has 2 nitrogen and oxygen atoms in total. The van der Waals surface area contributed by atoms with Crippen molar-refractivity contribution in [1.29, 1.82) is 0 Å². The second-order valence-corrected chi connectivity index (χ2v) is 5.26. The molecule has 1 atom stereocenters. The maximum absolute atomic E-state index is 11.7. The molecule has 0 aromatic rings. The minimum atomic E-state index is 0.274. The maximum atomic E-state index is 11.7. The molecule has 0 bridgehead atoms. The summed E-state index contributed by atoms with van der Waals surface area (Å²) < 4.78 is 0. The van der Waals surface area contributed by atoms with E-state index in [2.05, 4.69) is 35.1 Å². The molecule has 1 N–H and O–H groups in total. The highest BCUT2D eigenvalue weighted by Crippen LogP contribution is 2.26. The molecule has 0 aliphatic heterocycles. The summed E-state index contributed by atoms with van der Waals surface area (Å²) in [6, 6.07) is 0.336. The van der Waals surface area contributed by atoms with Gasteiger partial charge in [0.1, 0.15) is 0 Å². The maximum Gasteiger partial charge on any atom is 0.223 e. The standard InChI is InChI=1S/C11H20BrNO/c1-8(2)10(6-7-12)13-11(14)9-4-3-5-9/h8-10H,3-7H2,1-2H3,(H,13,14). The fourth-order valence-electron chi connectivity index (χ4n) is 1.66. The van der Waals surface area contributed by atoms with E-state index in [4.69, 9.17) is 0 Å². The van der Waals surface area contributed by atoms with Gasteiger partial charge in [0.15, 0.2) is 0 Å². The fourth-order valence-corrected chi connectivity index (χ4v) is 2.15. The summed E-state index contributed by atoms with van der Waals surface area (Å²) in [5, 5.41) is 4.11. The van der Waals surface area contributed by atoms with Gasteiger partial charge in [-0.25, -0.2) is 0 Å². The van der Waals surface area contributed by atoms with E-state index >= 15 is 0 Å². The Morgan fingerprint density at radius 2 is 2.14 bits per heavy atom. The highest BCUT2D eigenvalue weighted by molar-refractivity contribution is 9.09. The molecule has 1 fully saturated rings. The van der Waals surface area contributed by atoms with Gasteiger partial charge < -0.3 is 5.32 Å². The third-order valence-electron chi connectivity index (χ3n) is 3.03. The van der Waals surface area contributed by atoms with E-state index in [9.17, 15) is 4.79 Å². The van der Waals surface area contributed by atoms with Crippen LogP contribution in [0.25, 0.3) is 0 Å². The van der Waals surface area contributed by atoms with E-state index in [0.717, 1.165) is 24.6 Å². The molecule has 1 saturated carbocycles. The molecule has 1 amide bonds. The molecule has 1 aliphatic carbocycles. The predicted molar refractivity (Wildman–Crippen MR) is 62.5 cm³/mol. The summed E-state index contributed by atoms with van der Waals surface area (Å²) in [5.41, 5.74) is 0. The molecule has 0 heterocycles. The van der Waals surface area contributed by atoms with Crippen LogP contribution in [-0.2, 0) is 4.79 Å². The number of hydrogen-bond acceptors (Lipinski definition) is 1. The lowest BCUT2D eigenvalue weighted by atomic mass is 9.84. The van der Waals surface area contributed by atoms with Crippen LogP contribution >= 0.6 is 15.9 Å². The molecule has 1 aliphatic rings. The topological polar surface area (TPSA) is 29.1 Å². The van der Waals surface area contributed by atoms with Crippen LogP contribution in [0.3, 0.4) is 0 Å². The summed E-state index contributed by atoms with van der Waals surface area (Å²) >= 11 is 3.43. The molecule has 0 aromatic heterocycles. The first-order chi connectivity index (χ1) is 6.65. The number of nitrogens with one attached hydrogen (secondary N) is 1. The van der Waals surface area contributed by atoms with Crippen molar-refractivity contribution in [3.63, 3.8) is 0 Å². The highest BCUT2D eigenvalue weighted by Gasteiger charge is 2.27. The van der Waals surface area contributed by atoms with E-state index in [1.165, 1.54) is 6.42 Å². The average molecular weight is 262 g/mol. The Bertz CT molecular complexity index is 190. The molecule has 1 unspecified atom stereocenters. The van der Waals surface area contributed by atoms with Crippen molar-refractivity contribution in [3.05, 3.63) is 0 Å². The monoisotopic (exact) mass is 261 g/mol. The zero-order valence-electron chi connectivity index (χ0n) is 9.05. The van der Waals surface area contributed by atoms with Crippen LogP contribution in [0.4, 0.5) is 0 Å². The van der Waals surface area contributed by atoms with Crippen LogP contribution in [0, 0.1) is 11.8 Å². The van der Waals surface area contributed by atoms with E-state index in [1.54, 1.807) is 0 Å². The molecular formula is C11H20BrNO. The van der Waals surface area contributed by atoms with Crippen molar-refractivity contribution in [3.8, 4) is 0 Å². The molecule has 14 heavy (non-hydrogen) atoms. The Hall–Kier alpha value is -0.0500. The molecular weight excluding hydrogens is 242 g/mol. The average Bonchev–Trinajstić information content (AvgIpc) is 1.99. The largest absolute Gasteiger partial charge is 0.353 e. The molecule has 82 valence electrons. The third-order valence-corrected chi connectivity index (χ3v) is 3.49. The van der Waals surface area contributed by atoms with E-state index < -0.39 is 0 Å². The lowest BCUT2D eigenvalue weighted by molar-refractivity contribution is -0.128. The van der Waals surface area contributed by atoms with Crippen molar-refractivity contribution < 1.29 is 4.79 Å². The summed E-state index contributed by atoms with van der Waals surface area (Å²) in [6.45, 7) is 4.32. The van der Waals surface area contributed by atoms with Crippen LogP contribution in [0.1, 0.15) is 39.5 Å². The minimum absolute atomic E-state index is 0.274. The van der Waals surface area contributed by atoms with Gasteiger partial charge in [0, 0.05) is 17.3 Å². The zero-order valence-corrected chi connectivity index (χ0v) is 10.6. The number of amides is 1. The van der Waals surface area contributed by atoms with Gasteiger partial charge in [0.25, 0.3) is 0 Å². The highest BCUT2D eigenvalue weighted by atomic mass is 79.9. The summed E-state index contributed by atoms with van der Waals surface area (Å²) in [7, 11) is 0. The Morgan fingerprint density at radius 3 is 2.50 bits per heavy atom. The first-order valence-corrected chi connectivity index (χ1v) is 6.63. The van der Waals surface area contributed by atoms with Gasteiger partial charge in [0.05, 0.1) is 0 Å². The van der Waals surface area contributed by atoms with Gasteiger partial charge in [-0.05, 0) is 25.2 Å². The van der Waals surface area contributed by atoms with Gasteiger partial charge in [-0.2, -0.15) is 0 Å². The number of alkyl halides is 1. The molecule has 0 saturated heterocycles. The molecule has 0 aromatic carbocycles. The Morgan fingerprint density at radius 1 is 1.50 bits per heavy atom. The van der Waals surface area contributed by atoms with Crippen molar-refractivity contribution in [2.75, 3.05) is 5.33 Å². The Labute approximate surface area is 95.0 Å². The molecule has 0 radical (unpaired) electrons. The molecule has 1 rings (SSSR count). The smallest absolute Gasteiger partial charge is 0.223 e. The first-order valence-electron chi connectivity index (χ1n) is 5.51. The first kappa shape index (κ1) is 12.0. The Kier molecular flexibility index (Phi) is 4.93. The van der Waals surface area contributed by atoms with Gasteiger partial charge in [-0.3, -0.25) is 4.79 Å². The number of hydrogen-bond donors (Lipinski definition) is 1. The number of carbonyl (C=O) groups is 1. The van der Waals surface area contributed by atoms with Gasteiger partial charge in [-0.1, -0.05) is 36.2 Å². The quantitative estimate of drug-likeness (QED) is 0.758.